The molecule has 21 heteroatoms. The molecule has 8 aromatic carbocycles. The molecule has 399 valence electrons. The van der Waals surface area contributed by atoms with E-state index in [9.17, 15) is 19.2 Å². The highest BCUT2D eigenvalue weighted by Crippen LogP contribution is 2.18. The van der Waals surface area contributed by atoms with Gasteiger partial charge < -0.3 is 21.7 Å². The SMILES string of the molecule is C[Si](C)(C)N=[N+]=[N-].Nc1ccccc1.O=C(Nc1ccccc1)c1ccc(-c2nn[nH]n2)cc1.[2HH].[2HH].[B].[C-]#[N+]c1ccc(C(=O)Cl)cc1.[C-]#[N+]c1ccc(C(=O)Nc2ccccc2)cc1.[C-]#[N+]c1ccc(C(=O)Nc2ccccc2)cc1. The largest absolute Gasteiger partial charge is 0.399 e. The molecule has 3 radical (unpaired) electrons. The lowest BCUT2D eigenvalue weighted by atomic mass is 10.1. The van der Waals surface area contributed by atoms with Crippen molar-refractivity contribution in [2.75, 3.05) is 21.7 Å². The number of tetrazole rings is 1. The molecule has 0 unspecified atom stereocenters. The molecule has 0 saturated carbocycles. The zero-order valence-corrected chi connectivity index (χ0v) is 45.2. The van der Waals surface area contributed by atoms with E-state index < -0.39 is 13.5 Å². The summed E-state index contributed by atoms with van der Waals surface area (Å²) < 4.78 is 3.58. The Kier molecular flexibility index (Phi) is 27.4. The molecule has 0 aliphatic carbocycles. The van der Waals surface area contributed by atoms with Gasteiger partial charge in [0.05, 0.1) is 19.7 Å². The van der Waals surface area contributed by atoms with E-state index in [0.29, 0.717) is 45.1 Å². The molecule has 0 saturated heterocycles. The van der Waals surface area contributed by atoms with Crippen LogP contribution in [-0.4, -0.2) is 60.2 Å². The molecule has 0 aliphatic heterocycles. The van der Waals surface area contributed by atoms with E-state index in [0.717, 1.165) is 28.3 Å². The Morgan fingerprint density at radius 2 is 0.838 bits per heavy atom. The van der Waals surface area contributed by atoms with Crippen molar-refractivity contribution >= 4 is 91.0 Å². The molecule has 0 spiro atoms. The van der Waals surface area contributed by atoms with Gasteiger partial charge in [-0.15, -0.1) is 15.0 Å². The van der Waals surface area contributed by atoms with Crippen LogP contribution in [0.25, 0.3) is 36.4 Å². The van der Waals surface area contributed by atoms with Gasteiger partial charge >= 0.3 is 0 Å². The Hall–Kier alpha value is -10.9. The number of halogens is 1. The molecule has 0 fully saturated rings. The third-order valence-corrected chi connectivity index (χ3v) is 10.6. The molecular formula is C59H55BClN14O4Si. The summed E-state index contributed by atoms with van der Waals surface area (Å²) in [4.78, 5) is 58.6. The fourth-order valence-electron chi connectivity index (χ4n) is 5.86. The van der Waals surface area contributed by atoms with Crippen LogP contribution in [0.5, 0.6) is 0 Å². The number of para-hydroxylation sites is 4. The zero-order chi connectivity index (χ0) is 57.3. The molecule has 1 heterocycles. The van der Waals surface area contributed by atoms with E-state index in [4.69, 9.17) is 42.6 Å². The summed E-state index contributed by atoms with van der Waals surface area (Å²) in [5, 5.41) is 21.5. The van der Waals surface area contributed by atoms with Crippen molar-refractivity contribution in [2.24, 2.45) is 4.78 Å². The molecule has 1 aromatic heterocycles. The summed E-state index contributed by atoms with van der Waals surface area (Å²) in [6.07, 6.45) is 0. The standard InChI is InChI=1S/C14H11N5O.2C14H10N2O.C8H4ClNO.C6H7N.C3H9N3Si.B.2H2/c20-14(15-12-4-2-1-3-5-12)11-8-6-10(7-9-11)13-16-18-19-17-13;2*1-15-12-9-7-11(8-10-12)14(17)16-13-5-3-2-4-6-13;1-10-7-4-2-6(3-5-7)8(9)11;7-6-4-2-1-3-5-6;1-7(2,3)6-5-4;;;/h1-9H,(H,15,20)(H,16,17,18,19);2*2-10H,(H,16,17);2-5H;1-5H,7H2;1-3H3;;2*1H/i;;;;;;;2*1+1. The minimum absolute atomic E-state index is 0. The van der Waals surface area contributed by atoms with Crippen molar-refractivity contribution in [1.29, 1.82) is 0 Å². The molecule has 0 aliphatic rings. The first kappa shape index (κ1) is 63.4. The number of H-pyrrole nitrogens is 1. The van der Waals surface area contributed by atoms with Crippen LogP contribution in [0.3, 0.4) is 0 Å². The predicted molar refractivity (Wildman–Crippen MR) is 324 cm³/mol. The smallest absolute Gasteiger partial charge is 0.255 e. The number of hydrogen-bond donors (Lipinski definition) is 5. The summed E-state index contributed by atoms with van der Waals surface area (Å²) in [6.45, 7) is 26.3. The van der Waals surface area contributed by atoms with Crippen LogP contribution < -0.4 is 21.7 Å². The first-order valence-corrected chi connectivity index (χ1v) is 27.4. The lowest BCUT2D eigenvalue weighted by Crippen LogP contribution is -2.13. The van der Waals surface area contributed by atoms with E-state index >= 15 is 0 Å². The maximum atomic E-state index is 12.1. The summed E-state index contributed by atoms with van der Waals surface area (Å²) in [5.74, 6) is -0.00339. The van der Waals surface area contributed by atoms with Crippen LogP contribution in [0.2, 0.25) is 19.6 Å². The molecule has 3 amide bonds. The van der Waals surface area contributed by atoms with E-state index in [2.05, 4.69) is 60.8 Å². The topological polar surface area (TPSA) is 247 Å². The van der Waals surface area contributed by atoms with Crippen LogP contribution in [0.4, 0.5) is 39.8 Å². The van der Waals surface area contributed by atoms with Gasteiger partial charge in [-0.1, -0.05) is 177 Å². The lowest BCUT2D eigenvalue weighted by Gasteiger charge is -2.05. The van der Waals surface area contributed by atoms with Gasteiger partial charge in [0.15, 0.2) is 17.1 Å². The van der Waals surface area contributed by atoms with Gasteiger partial charge in [0.25, 0.3) is 23.0 Å². The van der Waals surface area contributed by atoms with Gasteiger partial charge in [-0.05, 0) is 87.9 Å². The highest BCUT2D eigenvalue weighted by Gasteiger charge is 2.10. The summed E-state index contributed by atoms with van der Waals surface area (Å²) >= 11 is 5.18. The molecule has 9 rings (SSSR count). The average molecular weight is 1100 g/mol. The number of nitrogens with one attached hydrogen (secondary N) is 4. The van der Waals surface area contributed by atoms with Gasteiger partial charge in [0, 0.05) is 61.8 Å². The highest BCUT2D eigenvalue weighted by molar-refractivity contribution is 6.74. The van der Waals surface area contributed by atoms with E-state index in [1.165, 1.54) is 12.1 Å². The minimum Gasteiger partial charge on any atom is -0.399 e. The molecule has 80 heavy (non-hydrogen) atoms. The van der Waals surface area contributed by atoms with E-state index in [1.807, 2.05) is 141 Å². The number of carbonyl (C=O) groups is 4. The minimum atomic E-state index is -1.45. The number of nitrogens with zero attached hydrogens (tertiary/aromatic N) is 9. The number of rotatable bonds is 9. The van der Waals surface area contributed by atoms with Crippen LogP contribution >= 0.6 is 11.6 Å². The van der Waals surface area contributed by atoms with Crippen molar-refractivity contribution in [3.63, 3.8) is 0 Å². The molecule has 0 bridgehead atoms. The quantitative estimate of drug-likeness (QED) is 0.0176. The molecule has 6 N–H and O–H groups in total. The molecule has 0 atom stereocenters. The highest BCUT2D eigenvalue weighted by atomic mass is 35.5. The lowest BCUT2D eigenvalue weighted by molar-refractivity contribution is 0.101. The number of carbonyl (C=O) groups excluding carboxylic acids is 4. The van der Waals surface area contributed by atoms with Crippen LogP contribution in [0.1, 0.15) is 44.3 Å². The second-order valence-corrected chi connectivity index (χ2v) is 21.7. The maximum absolute atomic E-state index is 12.1. The Bertz CT molecular complexity index is 3410. The average Bonchev–Trinajstić information content (AvgIpc) is 4.04. The Balaban J connectivity index is 0.000000507. The normalized spacial score (nSPS) is 9.36. The first-order chi connectivity index (χ1) is 38.1. The third kappa shape index (κ3) is 24.2. The summed E-state index contributed by atoms with van der Waals surface area (Å²) in [6, 6.07) is 63.6. The molecular weight excluding hydrogens is 1040 g/mol. The number of hydrogen-bond acceptors (Lipinski definition) is 9. The van der Waals surface area contributed by atoms with Gasteiger partial charge in [-0.3, -0.25) is 19.2 Å². The van der Waals surface area contributed by atoms with Crippen molar-refractivity contribution in [3.05, 3.63) is 285 Å². The zero-order valence-electron chi connectivity index (χ0n) is 43.5. The number of azide groups is 1. The van der Waals surface area contributed by atoms with Crippen molar-refractivity contribution in [3.8, 4) is 11.4 Å². The number of aromatic nitrogens is 4. The van der Waals surface area contributed by atoms with E-state index in [1.54, 1.807) is 84.9 Å². The van der Waals surface area contributed by atoms with Gasteiger partial charge in [0.2, 0.25) is 5.82 Å². The number of amides is 3. The van der Waals surface area contributed by atoms with Crippen LogP contribution in [-0.2, 0) is 0 Å². The van der Waals surface area contributed by atoms with Crippen molar-refractivity contribution in [1.82, 2.24) is 20.6 Å². The molecule has 9 aromatic rings. The van der Waals surface area contributed by atoms with Crippen molar-refractivity contribution < 1.29 is 22.0 Å². The number of benzene rings is 8. The fourth-order valence-corrected chi connectivity index (χ4v) is 6.25. The first-order valence-electron chi connectivity index (χ1n) is 23.5. The van der Waals surface area contributed by atoms with Crippen molar-refractivity contribution in [2.45, 2.75) is 19.6 Å². The Labute approximate surface area is 474 Å². The summed E-state index contributed by atoms with van der Waals surface area (Å²) in [7, 11) is -1.45. The van der Waals surface area contributed by atoms with Crippen LogP contribution in [0.15, 0.2) is 223 Å². The predicted octanol–water partition coefficient (Wildman–Crippen LogP) is 15.2. The number of anilines is 4. The third-order valence-electron chi connectivity index (χ3n) is 9.73. The maximum Gasteiger partial charge on any atom is 0.255 e. The Morgan fingerprint density at radius 1 is 0.525 bits per heavy atom. The van der Waals surface area contributed by atoms with Crippen LogP contribution in [0, 0.1) is 19.7 Å². The second kappa shape index (κ2) is 34.6. The fraction of sp³-hybridized carbons (Fsp3) is 0.0508. The number of nitrogens with two attached hydrogens (primary N) is 1. The van der Waals surface area contributed by atoms with Gasteiger partial charge in [-0.2, -0.15) is 5.21 Å². The summed E-state index contributed by atoms with van der Waals surface area (Å²) in [5.41, 5.74) is 20.8. The second-order valence-electron chi connectivity index (χ2n) is 16.8. The monoisotopic (exact) mass is 1100 g/mol. The molecule has 18 nitrogen and oxygen atoms in total. The van der Waals surface area contributed by atoms with Gasteiger partial charge in [-0.25, -0.2) is 14.5 Å². The Morgan fingerprint density at radius 3 is 1.07 bits per heavy atom. The number of aromatic amines is 1. The number of nitrogen functional groups attached to an aromatic ring is 1. The van der Waals surface area contributed by atoms with Gasteiger partial charge in [0.1, 0.15) is 8.24 Å². The van der Waals surface area contributed by atoms with E-state index in [-0.39, 0.29) is 29.0 Å².